The molecule has 0 aliphatic heterocycles. The van der Waals surface area contributed by atoms with Gasteiger partial charge in [0.2, 0.25) is 0 Å². The summed E-state index contributed by atoms with van der Waals surface area (Å²) in [5.74, 6) is 0. The van der Waals surface area contributed by atoms with Crippen LogP contribution < -0.4 is 10.9 Å². The van der Waals surface area contributed by atoms with E-state index in [4.69, 9.17) is 0 Å². The summed E-state index contributed by atoms with van der Waals surface area (Å²) in [6.45, 7) is 7.98. The van der Waals surface area contributed by atoms with E-state index in [-0.39, 0.29) is 11.6 Å². The normalized spacial score (nSPS) is 12.3. The molecule has 1 N–H and O–H groups in total. The molecule has 2 aromatic rings. The quantitative estimate of drug-likeness (QED) is 0.884. The van der Waals surface area contributed by atoms with Crippen molar-refractivity contribution >= 4 is 0 Å². The lowest BCUT2D eigenvalue weighted by Gasteiger charge is -2.21. The summed E-state index contributed by atoms with van der Waals surface area (Å²) in [6.07, 6.45) is 2.93. The number of pyridine rings is 1. The third-order valence-electron chi connectivity index (χ3n) is 3.57. The van der Waals surface area contributed by atoms with Gasteiger partial charge in [0.15, 0.2) is 0 Å². The van der Waals surface area contributed by atoms with Crippen molar-refractivity contribution in [2.75, 3.05) is 6.54 Å². The third-order valence-corrected chi connectivity index (χ3v) is 3.57. The minimum absolute atomic E-state index is 0.0465. The summed E-state index contributed by atoms with van der Waals surface area (Å²) in [4.78, 5) is 11.9. The predicted molar refractivity (Wildman–Crippen MR) is 87.7 cm³/mol. The van der Waals surface area contributed by atoms with Crippen molar-refractivity contribution in [3.63, 3.8) is 0 Å². The summed E-state index contributed by atoms with van der Waals surface area (Å²) in [5.41, 5.74) is 3.81. The minimum Gasteiger partial charge on any atom is -0.314 e. The van der Waals surface area contributed by atoms with Crippen LogP contribution in [0, 0.1) is 13.8 Å². The van der Waals surface area contributed by atoms with Crippen LogP contribution in [0.4, 0.5) is 0 Å². The molecule has 1 heterocycles. The van der Waals surface area contributed by atoms with E-state index in [0.29, 0.717) is 6.54 Å². The fourth-order valence-electron chi connectivity index (χ4n) is 2.63. The van der Waals surface area contributed by atoms with Crippen LogP contribution in [-0.2, 0) is 6.54 Å². The van der Waals surface area contributed by atoms with Crippen LogP contribution in [0.2, 0.25) is 0 Å². The summed E-state index contributed by atoms with van der Waals surface area (Å²) in [5, 5.41) is 3.56. The first-order valence-corrected chi connectivity index (χ1v) is 7.57. The Kier molecular flexibility index (Phi) is 5.34. The van der Waals surface area contributed by atoms with Gasteiger partial charge in [0.05, 0.1) is 6.04 Å². The standard InChI is InChI=1S/C18H24N2O/c1-4-8-19-17(13-20-9-6-5-7-18(20)21)16-11-14(2)10-15(3)12-16/h5-7,9-12,17,19H,4,8,13H2,1-3H3. The zero-order valence-electron chi connectivity index (χ0n) is 13.1. The average Bonchev–Trinajstić information content (AvgIpc) is 2.44. The summed E-state index contributed by atoms with van der Waals surface area (Å²) in [7, 11) is 0. The number of nitrogens with zero attached hydrogens (tertiary/aromatic N) is 1. The molecule has 3 heteroatoms. The molecule has 0 fully saturated rings. The first kappa shape index (κ1) is 15.5. The second-order valence-corrected chi connectivity index (χ2v) is 5.62. The molecule has 0 bridgehead atoms. The zero-order valence-corrected chi connectivity index (χ0v) is 13.1. The SMILES string of the molecule is CCCNC(Cn1ccccc1=O)c1cc(C)cc(C)c1. The lowest BCUT2D eigenvalue weighted by molar-refractivity contribution is 0.456. The van der Waals surface area contributed by atoms with Gasteiger partial charge in [-0.2, -0.15) is 0 Å². The Morgan fingerprint density at radius 1 is 1.14 bits per heavy atom. The number of hydrogen-bond acceptors (Lipinski definition) is 2. The summed E-state index contributed by atoms with van der Waals surface area (Å²) >= 11 is 0. The summed E-state index contributed by atoms with van der Waals surface area (Å²) in [6, 6.07) is 12.0. The van der Waals surface area contributed by atoms with E-state index < -0.39 is 0 Å². The number of aryl methyl sites for hydroxylation is 2. The second kappa shape index (κ2) is 7.23. The molecule has 3 nitrogen and oxygen atoms in total. The van der Waals surface area contributed by atoms with Crippen molar-refractivity contribution in [3.05, 3.63) is 69.6 Å². The number of benzene rings is 1. The number of nitrogens with one attached hydrogen (secondary N) is 1. The highest BCUT2D eigenvalue weighted by molar-refractivity contribution is 5.30. The highest BCUT2D eigenvalue weighted by Gasteiger charge is 2.12. The fraction of sp³-hybridized carbons (Fsp3) is 0.389. The molecule has 2 rings (SSSR count). The van der Waals surface area contributed by atoms with E-state index in [0.717, 1.165) is 13.0 Å². The second-order valence-electron chi connectivity index (χ2n) is 5.62. The van der Waals surface area contributed by atoms with Gasteiger partial charge < -0.3 is 9.88 Å². The Morgan fingerprint density at radius 3 is 2.48 bits per heavy atom. The molecule has 1 aromatic heterocycles. The molecule has 0 saturated carbocycles. The molecule has 112 valence electrons. The van der Waals surface area contributed by atoms with Gasteiger partial charge in [-0.15, -0.1) is 0 Å². The largest absolute Gasteiger partial charge is 0.314 e. The molecule has 0 spiro atoms. The van der Waals surface area contributed by atoms with Crippen LogP contribution in [0.25, 0.3) is 0 Å². The van der Waals surface area contributed by atoms with Gasteiger partial charge >= 0.3 is 0 Å². The van der Waals surface area contributed by atoms with E-state index in [1.807, 2.05) is 12.3 Å². The van der Waals surface area contributed by atoms with Gasteiger partial charge in [0.1, 0.15) is 0 Å². The van der Waals surface area contributed by atoms with Crippen molar-refractivity contribution in [2.24, 2.45) is 0 Å². The molecule has 1 unspecified atom stereocenters. The third kappa shape index (κ3) is 4.30. The van der Waals surface area contributed by atoms with Crippen molar-refractivity contribution in [2.45, 2.75) is 39.8 Å². The molecule has 21 heavy (non-hydrogen) atoms. The maximum Gasteiger partial charge on any atom is 0.250 e. The Morgan fingerprint density at radius 2 is 1.86 bits per heavy atom. The van der Waals surface area contributed by atoms with Crippen molar-refractivity contribution < 1.29 is 0 Å². The maximum atomic E-state index is 11.9. The Labute approximate surface area is 126 Å². The molecular formula is C18H24N2O. The highest BCUT2D eigenvalue weighted by atomic mass is 16.1. The van der Waals surface area contributed by atoms with Gasteiger partial charge in [-0.3, -0.25) is 4.79 Å². The Hall–Kier alpha value is -1.87. The van der Waals surface area contributed by atoms with Gasteiger partial charge in [-0.1, -0.05) is 42.3 Å². The Balaban J connectivity index is 2.29. The van der Waals surface area contributed by atoms with E-state index >= 15 is 0 Å². The fourth-order valence-corrected chi connectivity index (χ4v) is 2.63. The lowest BCUT2D eigenvalue weighted by Crippen LogP contribution is -2.30. The minimum atomic E-state index is 0.0465. The molecular weight excluding hydrogens is 260 g/mol. The van der Waals surface area contributed by atoms with E-state index in [1.165, 1.54) is 16.7 Å². The van der Waals surface area contributed by atoms with Crippen LogP contribution >= 0.6 is 0 Å². The predicted octanol–water partition coefficient (Wildman–Crippen LogP) is 3.21. The Bertz CT molecular complexity index is 625. The van der Waals surface area contributed by atoms with Crippen molar-refractivity contribution in [1.29, 1.82) is 0 Å². The molecule has 0 aliphatic carbocycles. The van der Waals surface area contributed by atoms with E-state index in [2.05, 4.69) is 44.3 Å². The first-order valence-electron chi connectivity index (χ1n) is 7.57. The molecule has 0 saturated heterocycles. The van der Waals surface area contributed by atoms with Crippen molar-refractivity contribution in [1.82, 2.24) is 9.88 Å². The summed E-state index contributed by atoms with van der Waals surface area (Å²) < 4.78 is 1.77. The van der Waals surface area contributed by atoms with Crippen LogP contribution in [0.5, 0.6) is 0 Å². The lowest BCUT2D eigenvalue weighted by atomic mass is 10.0. The molecule has 0 amide bonds. The van der Waals surface area contributed by atoms with Crippen LogP contribution in [0.15, 0.2) is 47.4 Å². The van der Waals surface area contributed by atoms with E-state index in [1.54, 1.807) is 16.7 Å². The maximum absolute atomic E-state index is 11.9. The monoisotopic (exact) mass is 284 g/mol. The van der Waals surface area contributed by atoms with Gasteiger partial charge in [0.25, 0.3) is 5.56 Å². The first-order chi connectivity index (χ1) is 10.1. The number of rotatable bonds is 6. The van der Waals surface area contributed by atoms with Crippen LogP contribution in [-0.4, -0.2) is 11.1 Å². The van der Waals surface area contributed by atoms with Gasteiger partial charge in [-0.25, -0.2) is 0 Å². The van der Waals surface area contributed by atoms with Crippen LogP contribution in [0.3, 0.4) is 0 Å². The smallest absolute Gasteiger partial charge is 0.250 e. The topological polar surface area (TPSA) is 34.0 Å². The highest BCUT2D eigenvalue weighted by Crippen LogP contribution is 2.18. The number of hydrogen-bond donors (Lipinski definition) is 1. The van der Waals surface area contributed by atoms with Gasteiger partial charge in [0, 0.05) is 18.8 Å². The molecule has 1 atom stereocenters. The van der Waals surface area contributed by atoms with E-state index in [9.17, 15) is 4.79 Å². The van der Waals surface area contributed by atoms with Crippen molar-refractivity contribution in [3.8, 4) is 0 Å². The average molecular weight is 284 g/mol. The zero-order chi connectivity index (χ0) is 15.2. The van der Waals surface area contributed by atoms with Gasteiger partial charge in [-0.05, 0) is 38.4 Å². The van der Waals surface area contributed by atoms with Crippen LogP contribution in [0.1, 0.15) is 36.1 Å². The number of aromatic nitrogens is 1. The molecule has 0 radical (unpaired) electrons. The molecule has 1 aromatic carbocycles. The molecule has 0 aliphatic rings.